The smallest absolute Gasteiger partial charge is 0.257 e. The summed E-state index contributed by atoms with van der Waals surface area (Å²) in [6, 6.07) is 5.76. The molecule has 0 atom stereocenters. The van der Waals surface area contributed by atoms with Crippen molar-refractivity contribution >= 4 is 5.91 Å². The third kappa shape index (κ3) is 1.45. The maximum atomic E-state index is 11.5. The van der Waals surface area contributed by atoms with Crippen molar-refractivity contribution < 1.29 is 9.53 Å². The number of hydrogen-bond donors (Lipinski definition) is 1. The van der Waals surface area contributed by atoms with Gasteiger partial charge in [-0.3, -0.25) is 4.79 Å². The van der Waals surface area contributed by atoms with Crippen molar-refractivity contribution in [1.29, 1.82) is 0 Å². The van der Waals surface area contributed by atoms with Crippen LogP contribution in [0.5, 0.6) is 5.75 Å². The minimum absolute atomic E-state index is 0.0475. The SMILES string of the molecule is CC(C)c1ccc2c(c1)C(=O)NCO2. The quantitative estimate of drug-likeness (QED) is 0.736. The summed E-state index contributed by atoms with van der Waals surface area (Å²) in [6.45, 7) is 4.47. The Kier molecular flexibility index (Phi) is 2.15. The van der Waals surface area contributed by atoms with Gasteiger partial charge in [-0.2, -0.15) is 0 Å². The Labute approximate surface area is 83.1 Å². The van der Waals surface area contributed by atoms with Gasteiger partial charge in [0.25, 0.3) is 5.91 Å². The van der Waals surface area contributed by atoms with Gasteiger partial charge >= 0.3 is 0 Å². The van der Waals surface area contributed by atoms with Gasteiger partial charge < -0.3 is 10.1 Å². The molecule has 1 aromatic rings. The van der Waals surface area contributed by atoms with Crippen LogP contribution in [0.4, 0.5) is 0 Å². The molecule has 0 aromatic heterocycles. The van der Waals surface area contributed by atoms with Gasteiger partial charge in [0.1, 0.15) is 5.75 Å². The molecule has 3 nitrogen and oxygen atoms in total. The van der Waals surface area contributed by atoms with Crippen LogP contribution >= 0.6 is 0 Å². The Morgan fingerprint density at radius 2 is 2.21 bits per heavy atom. The van der Waals surface area contributed by atoms with E-state index in [2.05, 4.69) is 19.2 Å². The Morgan fingerprint density at radius 1 is 1.43 bits per heavy atom. The normalized spacial score (nSPS) is 14.6. The van der Waals surface area contributed by atoms with Crippen molar-refractivity contribution in [2.75, 3.05) is 6.73 Å². The first kappa shape index (κ1) is 9.06. The molecule has 0 saturated carbocycles. The van der Waals surface area contributed by atoms with E-state index in [9.17, 15) is 4.79 Å². The molecule has 1 aliphatic rings. The molecule has 1 amide bonds. The first-order valence-corrected chi connectivity index (χ1v) is 4.73. The lowest BCUT2D eigenvalue weighted by Gasteiger charge is -2.18. The first-order chi connectivity index (χ1) is 6.68. The highest BCUT2D eigenvalue weighted by atomic mass is 16.5. The molecule has 2 rings (SSSR count). The third-order valence-corrected chi connectivity index (χ3v) is 2.38. The Hall–Kier alpha value is -1.51. The zero-order valence-corrected chi connectivity index (χ0v) is 8.33. The van der Waals surface area contributed by atoms with Gasteiger partial charge in [-0.1, -0.05) is 19.9 Å². The van der Waals surface area contributed by atoms with E-state index in [-0.39, 0.29) is 12.6 Å². The number of amides is 1. The van der Waals surface area contributed by atoms with E-state index >= 15 is 0 Å². The Bertz CT molecular complexity index is 372. The number of carbonyl (C=O) groups is 1. The van der Waals surface area contributed by atoms with E-state index in [1.807, 2.05) is 18.2 Å². The molecule has 0 radical (unpaired) electrons. The number of carbonyl (C=O) groups excluding carboxylic acids is 1. The van der Waals surface area contributed by atoms with E-state index < -0.39 is 0 Å². The molecule has 0 bridgehead atoms. The number of hydrogen-bond acceptors (Lipinski definition) is 2. The summed E-state index contributed by atoms with van der Waals surface area (Å²) in [7, 11) is 0. The molecular weight excluding hydrogens is 178 g/mol. The van der Waals surface area contributed by atoms with Crippen molar-refractivity contribution in [3.05, 3.63) is 29.3 Å². The second kappa shape index (κ2) is 3.33. The summed E-state index contributed by atoms with van der Waals surface area (Å²) >= 11 is 0. The molecule has 74 valence electrons. The standard InChI is InChI=1S/C11H13NO2/c1-7(2)8-3-4-10-9(5-8)11(13)12-6-14-10/h3-5,7H,6H2,1-2H3,(H,12,13). The summed E-state index contributed by atoms with van der Waals surface area (Å²) in [6.07, 6.45) is 0. The van der Waals surface area contributed by atoms with Crippen molar-refractivity contribution in [2.45, 2.75) is 19.8 Å². The van der Waals surface area contributed by atoms with Gasteiger partial charge in [0.15, 0.2) is 6.73 Å². The van der Waals surface area contributed by atoms with E-state index in [4.69, 9.17) is 4.74 Å². The van der Waals surface area contributed by atoms with Crippen molar-refractivity contribution in [3.63, 3.8) is 0 Å². The summed E-state index contributed by atoms with van der Waals surface area (Å²) in [4.78, 5) is 11.5. The number of rotatable bonds is 1. The fourth-order valence-corrected chi connectivity index (χ4v) is 1.48. The minimum atomic E-state index is -0.0475. The fraction of sp³-hybridized carbons (Fsp3) is 0.364. The Balaban J connectivity index is 2.46. The van der Waals surface area contributed by atoms with E-state index in [0.717, 1.165) is 5.56 Å². The van der Waals surface area contributed by atoms with Crippen LogP contribution in [0, 0.1) is 0 Å². The van der Waals surface area contributed by atoms with Gasteiger partial charge in [0.2, 0.25) is 0 Å². The summed E-state index contributed by atoms with van der Waals surface area (Å²) < 4.78 is 5.30. The van der Waals surface area contributed by atoms with Gasteiger partial charge in [-0.05, 0) is 23.6 Å². The van der Waals surface area contributed by atoms with Gasteiger partial charge in [-0.25, -0.2) is 0 Å². The lowest BCUT2D eigenvalue weighted by molar-refractivity contribution is 0.0883. The molecule has 1 heterocycles. The topological polar surface area (TPSA) is 38.3 Å². The molecule has 0 unspecified atom stereocenters. The van der Waals surface area contributed by atoms with Crippen LogP contribution in [0.1, 0.15) is 35.7 Å². The van der Waals surface area contributed by atoms with Crippen LogP contribution in [0.25, 0.3) is 0 Å². The highest BCUT2D eigenvalue weighted by molar-refractivity contribution is 5.97. The summed E-state index contributed by atoms with van der Waals surface area (Å²) in [5.41, 5.74) is 1.80. The lowest BCUT2D eigenvalue weighted by Crippen LogP contribution is -2.33. The average molecular weight is 191 g/mol. The lowest BCUT2D eigenvalue weighted by atomic mass is 9.99. The number of fused-ring (bicyclic) bond motifs is 1. The summed E-state index contributed by atoms with van der Waals surface area (Å²) in [5, 5.41) is 2.64. The zero-order valence-electron chi connectivity index (χ0n) is 8.33. The first-order valence-electron chi connectivity index (χ1n) is 4.73. The largest absolute Gasteiger partial charge is 0.472 e. The average Bonchev–Trinajstić information content (AvgIpc) is 2.18. The zero-order chi connectivity index (χ0) is 10.1. The van der Waals surface area contributed by atoms with Crippen LogP contribution < -0.4 is 10.1 Å². The highest BCUT2D eigenvalue weighted by Gasteiger charge is 2.18. The van der Waals surface area contributed by atoms with E-state index in [1.54, 1.807) is 0 Å². The highest BCUT2D eigenvalue weighted by Crippen LogP contribution is 2.25. The molecule has 0 saturated heterocycles. The van der Waals surface area contributed by atoms with Crippen molar-refractivity contribution in [3.8, 4) is 5.75 Å². The number of ether oxygens (including phenoxy) is 1. The monoisotopic (exact) mass is 191 g/mol. The number of benzene rings is 1. The Morgan fingerprint density at radius 3 is 2.93 bits per heavy atom. The van der Waals surface area contributed by atoms with Gasteiger partial charge in [-0.15, -0.1) is 0 Å². The van der Waals surface area contributed by atoms with Crippen LogP contribution in [0.15, 0.2) is 18.2 Å². The molecule has 1 N–H and O–H groups in total. The maximum absolute atomic E-state index is 11.5. The van der Waals surface area contributed by atoms with Crippen molar-refractivity contribution in [2.24, 2.45) is 0 Å². The molecule has 0 aliphatic carbocycles. The summed E-state index contributed by atoms with van der Waals surface area (Å²) in [5.74, 6) is 1.06. The molecule has 0 spiro atoms. The predicted octanol–water partition coefficient (Wildman–Crippen LogP) is 1.89. The fourth-order valence-electron chi connectivity index (χ4n) is 1.48. The second-order valence-electron chi connectivity index (χ2n) is 3.70. The molecule has 3 heteroatoms. The molecule has 1 aromatic carbocycles. The molecule has 1 aliphatic heterocycles. The molecular formula is C11H13NO2. The minimum Gasteiger partial charge on any atom is -0.472 e. The third-order valence-electron chi connectivity index (χ3n) is 2.38. The van der Waals surface area contributed by atoms with Crippen LogP contribution in [0.3, 0.4) is 0 Å². The van der Waals surface area contributed by atoms with Gasteiger partial charge in [0, 0.05) is 0 Å². The maximum Gasteiger partial charge on any atom is 0.257 e. The number of nitrogens with one attached hydrogen (secondary N) is 1. The van der Waals surface area contributed by atoms with Crippen LogP contribution in [-0.4, -0.2) is 12.6 Å². The van der Waals surface area contributed by atoms with Crippen LogP contribution in [0.2, 0.25) is 0 Å². The molecule has 0 fully saturated rings. The van der Waals surface area contributed by atoms with Crippen molar-refractivity contribution in [1.82, 2.24) is 5.32 Å². The predicted molar refractivity (Wildman–Crippen MR) is 53.5 cm³/mol. The van der Waals surface area contributed by atoms with Gasteiger partial charge in [0.05, 0.1) is 5.56 Å². The van der Waals surface area contributed by atoms with E-state index in [1.165, 1.54) is 0 Å². The second-order valence-corrected chi connectivity index (χ2v) is 3.70. The van der Waals surface area contributed by atoms with Crippen LogP contribution in [-0.2, 0) is 0 Å². The molecule has 14 heavy (non-hydrogen) atoms. The van der Waals surface area contributed by atoms with E-state index in [0.29, 0.717) is 17.2 Å².